The van der Waals surface area contributed by atoms with E-state index in [9.17, 15) is 9.59 Å². The van der Waals surface area contributed by atoms with Crippen LogP contribution in [0.4, 0.5) is 0 Å². The number of hydrogen-bond acceptors (Lipinski definition) is 3. The van der Waals surface area contributed by atoms with E-state index in [-0.39, 0.29) is 11.8 Å². The van der Waals surface area contributed by atoms with Gasteiger partial charge >= 0.3 is 5.97 Å². The van der Waals surface area contributed by atoms with Crippen LogP contribution in [0.2, 0.25) is 0 Å². The Kier molecular flexibility index (Phi) is 5.21. The second-order valence-corrected chi connectivity index (χ2v) is 6.97. The van der Waals surface area contributed by atoms with Gasteiger partial charge in [-0.05, 0) is 41.5 Å². The molecule has 0 saturated carbocycles. The molecule has 4 rings (SSSR count). The number of ketones is 1. The molecule has 0 aliphatic rings. The molecule has 0 saturated heterocycles. The van der Waals surface area contributed by atoms with Crippen molar-refractivity contribution in [3.05, 3.63) is 114 Å². The Morgan fingerprint density at radius 1 is 0.690 bits per heavy atom. The molecule has 0 aliphatic carbocycles. The van der Waals surface area contributed by atoms with Crippen molar-refractivity contribution in [1.29, 1.82) is 0 Å². The second kappa shape index (κ2) is 8.11. The molecule has 29 heavy (non-hydrogen) atoms. The minimum absolute atomic E-state index is 0.0671. The molecule has 0 aromatic heterocycles. The molecule has 0 unspecified atom stereocenters. The van der Waals surface area contributed by atoms with Crippen LogP contribution in [-0.2, 0) is 4.79 Å². The topological polar surface area (TPSA) is 43.4 Å². The highest BCUT2D eigenvalue weighted by Crippen LogP contribution is 2.24. The zero-order valence-corrected chi connectivity index (χ0v) is 16.0. The van der Waals surface area contributed by atoms with E-state index in [2.05, 4.69) is 0 Å². The van der Waals surface area contributed by atoms with Gasteiger partial charge < -0.3 is 4.74 Å². The van der Waals surface area contributed by atoms with E-state index in [0.717, 1.165) is 16.3 Å². The van der Waals surface area contributed by atoms with Gasteiger partial charge in [-0.15, -0.1) is 0 Å². The van der Waals surface area contributed by atoms with Crippen molar-refractivity contribution in [3.8, 4) is 5.75 Å². The van der Waals surface area contributed by atoms with Gasteiger partial charge in [0.1, 0.15) is 5.75 Å². The summed E-state index contributed by atoms with van der Waals surface area (Å²) in [7, 11) is 0. The molecule has 0 bridgehead atoms. The van der Waals surface area contributed by atoms with Crippen molar-refractivity contribution < 1.29 is 14.3 Å². The summed E-state index contributed by atoms with van der Waals surface area (Å²) in [5.74, 6) is -0.408. The van der Waals surface area contributed by atoms with Gasteiger partial charge in [0.2, 0.25) is 0 Å². The molecule has 0 amide bonds. The van der Waals surface area contributed by atoms with E-state index >= 15 is 0 Å². The lowest BCUT2D eigenvalue weighted by Crippen LogP contribution is -2.16. The smallest absolute Gasteiger partial charge is 0.318 e. The van der Waals surface area contributed by atoms with Crippen LogP contribution in [0.5, 0.6) is 5.75 Å². The average Bonchev–Trinajstić information content (AvgIpc) is 2.78. The first-order chi connectivity index (χ1) is 14.1. The Bertz CT molecular complexity index is 1180. The van der Waals surface area contributed by atoms with Crippen LogP contribution in [0.1, 0.15) is 34.3 Å². The molecule has 3 heteroatoms. The second-order valence-electron chi connectivity index (χ2n) is 6.97. The zero-order valence-electron chi connectivity index (χ0n) is 16.0. The number of fused-ring (bicyclic) bond motifs is 1. The highest BCUT2D eigenvalue weighted by Gasteiger charge is 2.19. The van der Waals surface area contributed by atoms with E-state index < -0.39 is 5.92 Å². The minimum Gasteiger partial charge on any atom is -0.426 e. The number of ether oxygens (including phenoxy) is 1. The van der Waals surface area contributed by atoms with Gasteiger partial charge in [0.15, 0.2) is 5.78 Å². The van der Waals surface area contributed by atoms with Gasteiger partial charge in [0.25, 0.3) is 0 Å². The van der Waals surface area contributed by atoms with E-state index in [4.69, 9.17) is 4.74 Å². The molecule has 0 radical (unpaired) electrons. The summed E-state index contributed by atoms with van der Waals surface area (Å²) in [6, 6.07) is 29.8. The van der Waals surface area contributed by atoms with Crippen LogP contribution in [0.25, 0.3) is 10.8 Å². The van der Waals surface area contributed by atoms with Crippen LogP contribution in [0.3, 0.4) is 0 Å². The summed E-state index contributed by atoms with van der Waals surface area (Å²) in [5, 5.41) is 2.10. The van der Waals surface area contributed by atoms with Gasteiger partial charge in [-0.25, -0.2) is 0 Å². The number of benzene rings is 4. The Hall–Kier alpha value is -3.72. The maximum Gasteiger partial charge on any atom is 0.318 e. The first-order valence-electron chi connectivity index (χ1n) is 9.52. The molecule has 1 atom stereocenters. The summed E-state index contributed by atoms with van der Waals surface area (Å²) < 4.78 is 5.60. The van der Waals surface area contributed by atoms with Crippen molar-refractivity contribution in [2.24, 2.45) is 0 Å². The van der Waals surface area contributed by atoms with Crippen LogP contribution in [0.15, 0.2) is 97.1 Å². The maximum atomic E-state index is 12.7. The molecule has 3 nitrogen and oxygen atoms in total. The Labute approximate surface area is 169 Å². The normalized spacial score (nSPS) is 11.8. The van der Waals surface area contributed by atoms with Gasteiger partial charge in [-0.3, -0.25) is 9.59 Å². The van der Waals surface area contributed by atoms with E-state index in [1.807, 2.05) is 60.7 Å². The average molecular weight is 380 g/mol. The maximum absolute atomic E-state index is 12.7. The first-order valence-corrected chi connectivity index (χ1v) is 9.52. The monoisotopic (exact) mass is 380 g/mol. The lowest BCUT2D eigenvalue weighted by atomic mass is 9.96. The lowest BCUT2D eigenvalue weighted by molar-refractivity contribution is -0.135. The SMILES string of the molecule is C[C@@H](C(=O)Oc1ccc2ccccc2c1)c1cccc(C(=O)c2ccccc2)c1. The third kappa shape index (κ3) is 4.09. The fourth-order valence-electron chi connectivity index (χ4n) is 3.28. The molecular formula is C26H20O3. The molecule has 0 aliphatic heterocycles. The van der Waals surface area contributed by atoms with E-state index in [0.29, 0.717) is 16.9 Å². The summed E-state index contributed by atoms with van der Waals surface area (Å²) in [6.07, 6.45) is 0. The van der Waals surface area contributed by atoms with Gasteiger partial charge in [0.05, 0.1) is 5.92 Å². The number of esters is 1. The largest absolute Gasteiger partial charge is 0.426 e. The highest BCUT2D eigenvalue weighted by atomic mass is 16.5. The Morgan fingerprint density at radius 2 is 1.38 bits per heavy atom. The zero-order chi connectivity index (χ0) is 20.2. The first kappa shape index (κ1) is 18.6. The Morgan fingerprint density at radius 3 is 2.17 bits per heavy atom. The van der Waals surface area contributed by atoms with E-state index in [1.165, 1.54) is 0 Å². The summed E-state index contributed by atoms with van der Waals surface area (Å²) in [6.45, 7) is 1.79. The molecule has 0 heterocycles. The third-order valence-electron chi connectivity index (χ3n) is 4.98. The highest BCUT2D eigenvalue weighted by molar-refractivity contribution is 6.09. The number of carbonyl (C=O) groups excluding carboxylic acids is 2. The van der Waals surface area contributed by atoms with Crippen molar-refractivity contribution in [2.45, 2.75) is 12.8 Å². The van der Waals surface area contributed by atoms with Gasteiger partial charge in [-0.1, -0.05) is 78.9 Å². The summed E-state index contributed by atoms with van der Waals surface area (Å²) >= 11 is 0. The molecule has 4 aromatic carbocycles. The quantitative estimate of drug-likeness (QED) is 0.250. The lowest BCUT2D eigenvalue weighted by Gasteiger charge is -2.13. The number of hydrogen-bond donors (Lipinski definition) is 0. The van der Waals surface area contributed by atoms with Crippen molar-refractivity contribution >= 4 is 22.5 Å². The summed E-state index contributed by atoms with van der Waals surface area (Å²) in [5.41, 5.74) is 1.92. The minimum atomic E-state index is -0.495. The van der Waals surface area contributed by atoms with Crippen LogP contribution in [0, 0.1) is 0 Å². The molecule has 0 fully saturated rings. The predicted molar refractivity (Wildman–Crippen MR) is 114 cm³/mol. The van der Waals surface area contributed by atoms with Crippen LogP contribution < -0.4 is 4.74 Å². The third-order valence-corrected chi connectivity index (χ3v) is 4.98. The van der Waals surface area contributed by atoms with Gasteiger partial charge in [-0.2, -0.15) is 0 Å². The molecule has 4 aromatic rings. The van der Waals surface area contributed by atoms with Crippen LogP contribution in [-0.4, -0.2) is 11.8 Å². The van der Waals surface area contributed by atoms with Crippen LogP contribution >= 0.6 is 0 Å². The van der Waals surface area contributed by atoms with Gasteiger partial charge in [0, 0.05) is 11.1 Å². The fraction of sp³-hybridized carbons (Fsp3) is 0.0769. The molecular weight excluding hydrogens is 360 g/mol. The van der Waals surface area contributed by atoms with Crippen molar-refractivity contribution in [2.75, 3.05) is 0 Å². The number of carbonyl (C=O) groups is 2. The number of rotatable bonds is 5. The predicted octanol–water partition coefficient (Wildman–Crippen LogP) is 5.78. The molecule has 0 N–H and O–H groups in total. The standard InChI is InChI=1S/C26H20O3/c1-18(26(28)29-24-15-14-19-8-5-6-11-22(19)17-24)21-12-7-13-23(16-21)25(27)20-9-3-2-4-10-20/h2-18H,1H3/t18-/m1/s1. The molecule has 142 valence electrons. The Balaban J connectivity index is 1.53. The van der Waals surface area contributed by atoms with Crippen molar-refractivity contribution in [3.63, 3.8) is 0 Å². The molecule has 0 spiro atoms. The van der Waals surface area contributed by atoms with Crippen molar-refractivity contribution in [1.82, 2.24) is 0 Å². The fourth-order valence-corrected chi connectivity index (χ4v) is 3.28. The van der Waals surface area contributed by atoms with E-state index in [1.54, 1.807) is 43.3 Å². The summed E-state index contributed by atoms with van der Waals surface area (Å²) in [4.78, 5) is 25.4.